The van der Waals surface area contributed by atoms with Gasteiger partial charge in [0.25, 0.3) is 0 Å². The van der Waals surface area contributed by atoms with Gasteiger partial charge in [0.2, 0.25) is 5.91 Å². The van der Waals surface area contributed by atoms with Crippen LogP contribution in [0.4, 0.5) is 0 Å². The summed E-state index contributed by atoms with van der Waals surface area (Å²) in [4.78, 5) is 11.5. The Morgan fingerprint density at radius 1 is 1.50 bits per heavy atom. The summed E-state index contributed by atoms with van der Waals surface area (Å²) in [5.74, 6) is 0.914. The molecule has 1 aromatic rings. The lowest BCUT2D eigenvalue weighted by atomic mass is 10.0. The predicted molar refractivity (Wildman–Crippen MR) is 63.3 cm³/mol. The average molecular weight is 245 g/mol. The Bertz CT molecular complexity index is 350. The molecule has 5 heteroatoms. The van der Waals surface area contributed by atoms with Gasteiger partial charge in [0.15, 0.2) is 5.22 Å². The van der Waals surface area contributed by atoms with E-state index < -0.39 is 0 Å². The second-order valence-electron chi connectivity index (χ2n) is 3.92. The van der Waals surface area contributed by atoms with Crippen molar-refractivity contribution < 1.29 is 9.21 Å². The maximum atomic E-state index is 11.5. The Morgan fingerprint density at radius 3 is 2.62 bits per heavy atom. The molecular formula is C11H17ClN2O2. The molecule has 0 saturated carbocycles. The lowest BCUT2D eigenvalue weighted by Gasteiger charge is -2.19. The Kier molecular flexibility index (Phi) is 4.83. The highest BCUT2D eigenvalue weighted by molar-refractivity contribution is 6.28. The number of halogens is 1. The molecule has 0 fully saturated rings. The largest absolute Gasteiger partial charge is 0.448 e. The van der Waals surface area contributed by atoms with Gasteiger partial charge in [0, 0.05) is 7.05 Å². The van der Waals surface area contributed by atoms with Crippen LogP contribution in [0, 0.1) is 5.92 Å². The van der Waals surface area contributed by atoms with Gasteiger partial charge in [-0.15, -0.1) is 0 Å². The van der Waals surface area contributed by atoms with E-state index in [0.29, 0.717) is 11.8 Å². The van der Waals surface area contributed by atoms with Crippen LogP contribution in [0.15, 0.2) is 16.5 Å². The zero-order valence-corrected chi connectivity index (χ0v) is 10.5. The number of carbonyl (C=O) groups is 1. The number of rotatable bonds is 5. The van der Waals surface area contributed by atoms with Crippen molar-refractivity contribution in [3.8, 4) is 0 Å². The number of carbonyl (C=O) groups excluding carboxylic acids is 1. The summed E-state index contributed by atoms with van der Waals surface area (Å²) in [5.41, 5.74) is 0. The molecule has 0 aromatic carbocycles. The quantitative estimate of drug-likeness (QED) is 0.831. The zero-order chi connectivity index (χ0) is 12.1. The van der Waals surface area contributed by atoms with Crippen LogP contribution in [0.5, 0.6) is 0 Å². The van der Waals surface area contributed by atoms with Crippen LogP contribution in [-0.4, -0.2) is 19.0 Å². The van der Waals surface area contributed by atoms with Crippen LogP contribution >= 0.6 is 11.6 Å². The van der Waals surface area contributed by atoms with E-state index in [9.17, 15) is 4.79 Å². The molecule has 1 aromatic heterocycles. The van der Waals surface area contributed by atoms with Crippen molar-refractivity contribution in [2.24, 2.45) is 5.92 Å². The van der Waals surface area contributed by atoms with Gasteiger partial charge in [-0.1, -0.05) is 13.8 Å². The summed E-state index contributed by atoms with van der Waals surface area (Å²) < 4.78 is 5.20. The average Bonchev–Trinajstić information content (AvgIpc) is 2.63. The molecule has 90 valence electrons. The van der Waals surface area contributed by atoms with Gasteiger partial charge in [-0.25, -0.2) is 0 Å². The lowest BCUT2D eigenvalue weighted by molar-refractivity contribution is -0.123. The summed E-state index contributed by atoms with van der Waals surface area (Å²) >= 11 is 5.65. The minimum atomic E-state index is -0.228. The van der Waals surface area contributed by atoms with Gasteiger partial charge in [0.05, 0.1) is 12.6 Å². The molecule has 1 amide bonds. The Labute approximate surface area is 100 Å². The monoisotopic (exact) mass is 244 g/mol. The molecule has 1 rings (SSSR count). The standard InChI is InChI=1S/C11H17ClN2O2/c1-7(2)10(11(15)13-3)14-6-8-4-5-9(12)16-8/h4-5,7,10,14H,6H2,1-3H3,(H,13,15). The molecule has 1 atom stereocenters. The van der Waals surface area contributed by atoms with Gasteiger partial charge >= 0.3 is 0 Å². The van der Waals surface area contributed by atoms with E-state index in [1.54, 1.807) is 19.2 Å². The minimum absolute atomic E-state index is 0.0207. The highest BCUT2D eigenvalue weighted by Gasteiger charge is 2.20. The molecule has 1 heterocycles. The van der Waals surface area contributed by atoms with E-state index in [4.69, 9.17) is 16.0 Å². The molecule has 0 aliphatic rings. The van der Waals surface area contributed by atoms with Crippen molar-refractivity contribution in [1.29, 1.82) is 0 Å². The third-order valence-corrected chi connectivity index (χ3v) is 2.52. The third kappa shape index (κ3) is 3.54. The molecule has 0 spiro atoms. The molecule has 0 saturated heterocycles. The van der Waals surface area contributed by atoms with Gasteiger partial charge in [-0.2, -0.15) is 0 Å². The Hall–Kier alpha value is -1.00. The van der Waals surface area contributed by atoms with Gasteiger partial charge in [-0.3, -0.25) is 10.1 Å². The zero-order valence-electron chi connectivity index (χ0n) is 9.71. The summed E-state index contributed by atoms with van der Waals surface area (Å²) in [5, 5.41) is 6.12. The number of nitrogens with one attached hydrogen (secondary N) is 2. The SMILES string of the molecule is CNC(=O)C(NCc1ccc(Cl)o1)C(C)C. The van der Waals surface area contributed by atoms with E-state index in [1.807, 2.05) is 13.8 Å². The topological polar surface area (TPSA) is 54.3 Å². The first-order valence-corrected chi connectivity index (χ1v) is 5.61. The first-order chi connectivity index (χ1) is 7.54. The van der Waals surface area contributed by atoms with Crippen LogP contribution < -0.4 is 10.6 Å². The predicted octanol–water partition coefficient (Wildman–Crippen LogP) is 1.79. The molecule has 0 bridgehead atoms. The fourth-order valence-electron chi connectivity index (χ4n) is 1.44. The van der Waals surface area contributed by atoms with Crippen LogP contribution in [0.25, 0.3) is 0 Å². The van der Waals surface area contributed by atoms with Crippen molar-refractivity contribution in [2.45, 2.75) is 26.4 Å². The first kappa shape index (κ1) is 13.1. The fraction of sp³-hybridized carbons (Fsp3) is 0.545. The highest BCUT2D eigenvalue weighted by atomic mass is 35.5. The van der Waals surface area contributed by atoms with Gasteiger partial charge in [-0.05, 0) is 29.7 Å². The van der Waals surface area contributed by atoms with E-state index >= 15 is 0 Å². The molecule has 2 N–H and O–H groups in total. The summed E-state index contributed by atoms with van der Waals surface area (Å²) in [6.07, 6.45) is 0. The Balaban J connectivity index is 2.53. The number of amides is 1. The molecule has 4 nitrogen and oxygen atoms in total. The van der Waals surface area contributed by atoms with Crippen molar-refractivity contribution in [3.05, 3.63) is 23.1 Å². The summed E-state index contributed by atoms with van der Waals surface area (Å²) in [6.45, 7) is 4.47. The lowest BCUT2D eigenvalue weighted by Crippen LogP contribution is -2.45. The summed E-state index contributed by atoms with van der Waals surface area (Å²) in [7, 11) is 1.63. The molecule has 1 unspecified atom stereocenters. The number of furan rings is 1. The molecule has 0 radical (unpaired) electrons. The van der Waals surface area contributed by atoms with Crippen LogP contribution in [-0.2, 0) is 11.3 Å². The van der Waals surface area contributed by atoms with Crippen molar-refractivity contribution in [1.82, 2.24) is 10.6 Å². The van der Waals surface area contributed by atoms with E-state index in [2.05, 4.69) is 10.6 Å². The molecule has 16 heavy (non-hydrogen) atoms. The fourth-order valence-corrected chi connectivity index (χ4v) is 1.61. The molecule has 0 aliphatic heterocycles. The number of hydrogen-bond acceptors (Lipinski definition) is 3. The van der Waals surface area contributed by atoms with Crippen LogP contribution in [0.2, 0.25) is 5.22 Å². The molecule has 0 aliphatic carbocycles. The smallest absolute Gasteiger partial charge is 0.237 e. The number of hydrogen-bond donors (Lipinski definition) is 2. The van der Waals surface area contributed by atoms with Gasteiger partial charge < -0.3 is 9.73 Å². The van der Waals surface area contributed by atoms with Crippen molar-refractivity contribution >= 4 is 17.5 Å². The first-order valence-electron chi connectivity index (χ1n) is 5.23. The summed E-state index contributed by atoms with van der Waals surface area (Å²) in [6, 6.07) is 3.24. The van der Waals surface area contributed by atoms with Crippen LogP contribution in [0.3, 0.4) is 0 Å². The van der Waals surface area contributed by atoms with Crippen molar-refractivity contribution in [2.75, 3.05) is 7.05 Å². The van der Waals surface area contributed by atoms with Gasteiger partial charge in [0.1, 0.15) is 5.76 Å². The second kappa shape index (κ2) is 5.92. The van der Waals surface area contributed by atoms with Crippen molar-refractivity contribution in [3.63, 3.8) is 0 Å². The highest BCUT2D eigenvalue weighted by Crippen LogP contribution is 2.13. The maximum absolute atomic E-state index is 11.5. The maximum Gasteiger partial charge on any atom is 0.237 e. The minimum Gasteiger partial charge on any atom is -0.448 e. The van der Waals surface area contributed by atoms with Crippen LogP contribution in [0.1, 0.15) is 19.6 Å². The van der Waals surface area contributed by atoms with E-state index in [1.165, 1.54) is 0 Å². The number of likely N-dealkylation sites (N-methyl/N-ethyl adjacent to an activating group) is 1. The molecular weight excluding hydrogens is 228 g/mol. The second-order valence-corrected chi connectivity index (χ2v) is 4.30. The van der Waals surface area contributed by atoms with E-state index in [0.717, 1.165) is 5.76 Å². The normalized spacial score (nSPS) is 12.8. The van der Waals surface area contributed by atoms with E-state index in [-0.39, 0.29) is 17.9 Å². The Morgan fingerprint density at radius 2 is 2.19 bits per heavy atom. The third-order valence-electron chi connectivity index (χ3n) is 2.32.